The summed E-state index contributed by atoms with van der Waals surface area (Å²) in [5, 5.41) is 0. The molecule has 0 aliphatic carbocycles. The normalized spacial score (nSPS) is 20.2. The molecule has 0 aromatic heterocycles. The van der Waals surface area contributed by atoms with Gasteiger partial charge in [-0.15, -0.1) is 0 Å². The van der Waals surface area contributed by atoms with Crippen molar-refractivity contribution in [2.45, 2.75) is 13.3 Å². The molecular formula is C13H15NO2. The minimum atomic E-state index is 0.0167. The first kappa shape index (κ1) is 10.9. The number of likely N-dealkylation sites (tertiary alicyclic amines) is 1. The lowest BCUT2D eigenvalue weighted by atomic mass is 10.1. The Morgan fingerprint density at radius 3 is 2.62 bits per heavy atom. The summed E-state index contributed by atoms with van der Waals surface area (Å²) in [5.74, 6) is 0.482. The van der Waals surface area contributed by atoms with Crippen molar-refractivity contribution in [3.05, 3.63) is 35.9 Å². The highest BCUT2D eigenvalue weighted by Gasteiger charge is 2.27. The van der Waals surface area contributed by atoms with Crippen LogP contribution in [-0.4, -0.2) is 29.7 Å². The molecule has 1 heterocycles. The van der Waals surface area contributed by atoms with Crippen LogP contribution in [0.2, 0.25) is 0 Å². The Morgan fingerprint density at radius 2 is 2.06 bits per heavy atom. The molecule has 2 rings (SSSR count). The largest absolute Gasteiger partial charge is 0.335 e. The molecule has 1 unspecified atom stereocenters. The summed E-state index contributed by atoms with van der Waals surface area (Å²) in [6, 6.07) is 9.11. The predicted octanol–water partition coefficient (Wildman–Crippen LogP) is 1.74. The second-order valence-electron chi connectivity index (χ2n) is 4.37. The molecule has 3 heteroatoms. The third-order valence-electron chi connectivity index (χ3n) is 2.84. The van der Waals surface area contributed by atoms with Crippen LogP contribution in [-0.2, 0) is 4.79 Å². The molecule has 3 nitrogen and oxygen atoms in total. The van der Waals surface area contributed by atoms with Gasteiger partial charge in [0.25, 0.3) is 0 Å². The second kappa shape index (κ2) is 4.47. The number of benzene rings is 1. The van der Waals surface area contributed by atoms with E-state index in [1.54, 1.807) is 17.0 Å². The molecular weight excluding hydrogens is 202 g/mol. The molecule has 84 valence electrons. The van der Waals surface area contributed by atoms with Gasteiger partial charge in [-0.25, -0.2) is 0 Å². The van der Waals surface area contributed by atoms with E-state index in [4.69, 9.17) is 0 Å². The highest BCUT2D eigenvalue weighted by Crippen LogP contribution is 2.17. The van der Waals surface area contributed by atoms with E-state index in [1.165, 1.54) is 0 Å². The molecule has 1 aromatic carbocycles. The minimum Gasteiger partial charge on any atom is -0.335 e. The van der Waals surface area contributed by atoms with Gasteiger partial charge in [0, 0.05) is 18.5 Å². The van der Waals surface area contributed by atoms with Crippen molar-refractivity contribution in [3.8, 4) is 0 Å². The summed E-state index contributed by atoms with van der Waals surface area (Å²) < 4.78 is 0. The first-order valence-electron chi connectivity index (χ1n) is 5.53. The van der Waals surface area contributed by atoms with Crippen molar-refractivity contribution < 1.29 is 9.59 Å². The predicted molar refractivity (Wildman–Crippen MR) is 61.1 cm³/mol. The molecule has 0 saturated carbocycles. The van der Waals surface area contributed by atoms with E-state index in [2.05, 4.69) is 0 Å². The van der Waals surface area contributed by atoms with Crippen molar-refractivity contribution in [3.63, 3.8) is 0 Å². The summed E-state index contributed by atoms with van der Waals surface area (Å²) in [4.78, 5) is 25.0. The molecule has 1 aliphatic rings. The number of hydrogen-bond acceptors (Lipinski definition) is 2. The molecule has 1 saturated heterocycles. The van der Waals surface area contributed by atoms with Gasteiger partial charge in [-0.05, 0) is 5.92 Å². The fourth-order valence-electron chi connectivity index (χ4n) is 2.01. The Labute approximate surface area is 95.1 Å². The minimum absolute atomic E-state index is 0.0167. The van der Waals surface area contributed by atoms with Gasteiger partial charge in [0.15, 0.2) is 5.78 Å². The van der Waals surface area contributed by atoms with Gasteiger partial charge in [-0.3, -0.25) is 9.59 Å². The van der Waals surface area contributed by atoms with Gasteiger partial charge < -0.3 is 4.90 Å². The maximum atomic E-state index is 11.9. The van der Waals surface area contributed by atoms with Crippen LogP contribution in [0.5, 0.6) is 0 Å². The summed E-state index contributed by atoms with van der Waals surface area (Å²) >= 11 is 0. The van der Waals surface area contributed by atoms with E-state index in [1.807, 2.05) is 25.1 Å². The summed E-state index contributed by atoms with van der Waals surface area (Å²) in [6.45, 7) is 2.95. The summed E-state index contributed by atoms with van der Waals surface area (Å²) in [5.41, 5.74) is 0.676. The monoisotopic (exact) mass is 217 g/mol. The Morgan fingerprint density at radius 1 is 1.38 bits per heavy atom. The van der Waals surface area contributed by atoms with Crippen LogP contribution in [0.15, 0.2) is 30.3 Å². The zero-order valence-corrected chi connectivity index (χ0v) is 9.35. The van der Waals surface area contributed by atoms with E-state index < -0.39 is 0 Å². The lowest BCUT2D eigenvalue weighted by Crippen LogP contribution is -2.31. The van der Waals surface area contributed by atoms with Crippen molar-refractivity contribution >= 4 is 11.7 Å². The Bertz CT molecular complexity index is 400. The molecule has 1 amide bonds. The SMILES string of the molecule is CC1CC(=O)N(CC(=O)c2ccccc2)C1. The Balaban J connectivity index is 2.01. The van der Waals surface area contributed by atoms with Crippen LogP contribution in [0, 0.1) is 5.92 Å². The Hall–Kier alpha value is -1.64. The van der Waals surface area contributed by atoms with Crippen molar-refractivity contribution in [1.29, 1.82) is 0 Å². The number of carbonyl (C=O) groups excluding carboxylic acids is 2. The number of rotatable bonds is 3. The van der Waals surface area contributed by atoms with E-state index in [0.29, 0.717) is 24.4 Å². The number of Topliss-reactive ketones (excluding diaryl/α,β-unsaturated/α-hetero) is 1. The molecule has 1 aromatic rings. The molecule has 1 fully saturated rings. The molecule has 1 aliphatic heterocycles. The van der Waals surface area contributed by atoms with Gasteiger partial charge in [0.05, 0.1) is 6.54 Å². The zero-order valence-electron chi connectivity index (χ0n) is 9.35. The van der Waals surface area contributed by atoms with Crippen LogP contribution < -0.4 is 0 Å². The molecule has 0 radical (unpaired) electrons. The van der Waals surface area contributed by atoms with Crippen LogP contribution in [0.4, 0.5) is 0 Å². The van der Waals surface area contributed by atoms with Gasteiger partial charge in [-0.1, -0.05) is 37.3 Å². The van der Waals surface area contributed by atoms with Crippen molar-refractivity contribution in [2.75, 3.05) is 13.1 Å². The van der Waals surface area contributed by atoms with Crippen LogP contribution in [0.1, 0.15) is 23.7 Å². The summed E-state index contributed by atoms with van der Waals surface area (Å²) in [7, 11) is 0. The fourth-order valence-corrected chi connectivity index (χ4v) is 2.01. The van der Waals surface area contributed by atoms with Gasteiger partial charge in [0.2, 0.25) is 5.91 Å². The smallest absolute Gasteiger partial charge is 0.223 e. The lowest BCUT2D eigenvalue weighted by Gasteiger charge is -2.14. The topological polar surface area (TPSA) is 37.4 Å². The first-order chi connectivity index (χ1) is 7.66. The van der Waals surface area contributed by atoms with Gasteiger partial charge in [0.1, 0.15) is 0 Å². The third kappa shape index (κ3) is 2.30. The highest BCUT2D eigenvalue weighted by molar-refractivity contribution is 5.99. The number of hydrogen-bond donors (Lipinski definition) is 0. The molecule has 0 spiro atoms. The maximum absolute atomic E-state index is 11.9. The van der Waals surface area contributed by atoms with E-state index in [9.17, 15) is 9.59 Å². The first-order valence-corrected chi connectivity index (χ1v) is 5.53. The zero-order chi connectivity index (χ0) is 11.5. The molecule has 1 atom stereocenters. The quantitative estimate of drug-likeness (QED) is 0.723. The molecule has 16 heavy (non-hydrogen) atoms. The Kier molecular flexibility index (Phi) is 3.04. The second-order valence-corrected chi connectivity index (χ2v) is 4.37. The number of amides is 1. The number of nitrogens with zero attached hydrogens (tertiary/aromatic N) is 1. The average Bonchev–Trinajstić information content (AvgIpc) is 2.59. The van der Waals surface area contributed by atoms with E-state index >= 15 is 0 Å². The highest BCUT2D eigenvalue weighted by atomic mass is 16.2. The lowest BCUT2D eigenvalue weighted by molar-refractivity contribution is -0.127. The van der Waals surface area contributed by atoms with E-state index in [0.717, 1.165) is 0 Å². The van der Waals surface area contributed by atoms with E-state index in [-0.39, 0.29) is 18.2 Å². The van der Waals surface area contributed by atoms with Gasteiger partial charge >= 0.3 is 0 Å². The van der Waals surface area contributed by atoms with Crippen LogP contribution in [0.25, 0.3) is 0 Å². The molecule has 0 bridgehead atoms. The fraction of sp³-hybridized carbons (Fsp3) is 0.385. The van der Waals surface area contributed by atoms with Crippen molar-refractivity contribution in [2.24, 2.45) is 5.92 Å². The average molecular weight is 217 g/mol. The number of carbonyl (C=O) groups is 2. The summed E-state index contributed by atoms with van der Waals surface area (Å²) in [6.07, 6.45) is 0.571. The third-order valence-corrected chi connectivity index (χ3v) is 2.84. The molecule has 0 N–H and O–H groups in total. The van der Waals surface area contributed by atoms with Crippen LogP contribution >= 0.6 is 0 Å². The maximum Gasteiger partial charge on any atom is 0.223 e. The van der Waals surface area contributed by atoms with Gasteiger partial charge in [-0.2, -0.15) is 0 Å². The van der Waals surface area contributed by atoms with Crippen molar-refractivity contribution in [1.82, 2.24) is 4.90 Å². The van der Waals surface area contributed by atoms with Crippen LogP contribution in [0.3, 0.4) is 0 Å². The standard InChI is InChI=1S/C13H15NO2/c1-10-7-13(16)14(8-10)9-12(15)11-5-3-2-4-6-11/h2-6,10H,7-9H2,1H3. The number of ketones is 1.